The largest absolute Gasteiger partial charge is 0.477 e. The molecule has 0 aliphatic carbocycles. The summed E-state index contributed by atoms with van der Waals surface area (Å²) in [6.45, 7) is 4.62. The topological polar surface area (TPSA) is 104 Å². The van der Waals surface area contributed by atoms with Gasteiger partial charge >= 0.3 is 5.97 Å². The van der Waals surface area contributed by atoms with Crippen molar-refractivity contribution in [2.24, 2.45) is 0 Å². The van der Waals surface area contributed by atoms with Gasteiger partial charge in [-0.3, -0.25) is 4.79 Å². The molecule has 172 valence electrons. The number of hydrogen-bond acceptors (Lipinski definition) is 10. The van der Waals surface area contributed by atoms with Crippen LogP contribution in [-0.4, -0.2) is 112 Å². The van der Waals surface area contributed by atoms with E-state index in [-0.39, 0.29) is 36.1 Å². The van der Waals surface area contributed by atoms with E-state index in [9.17, 15) is 14.7 Å². The van der Waals surface area contributed by atoms with E-state index in [2.05, 4.69) is 0 Å². The number of hydrogen-bond donors (Lipinski definition) is 1. The number of thioether (sulfide) groups is 2. The first kappa shape index (κ1) is 27.3. The lowest BCUT2D eigenvalue weighted by molar-refractivity contribution is -0.133. The molecule has 0 aromatic rings. The van der Waals surface area contributed by atoms with Gasteiger partial charge in [0, 0.05) is 17.8 Å². The summed E-state index contributed by atoms with van der Waals surface area (Å²) in [6, 6.07) is 0. The molecule has 1 rings (SSSR count). The van der Waals surface area contributed by atoms with Crippen molar-refractivity contribution in [3.05, 3.63) is 9.81 Å². The Labute approximate surface area is 190 Å². The van der Waals surface area contributed by atoms with Gasteiger partial charge in [-0.15, -0.1) is 11.8 Å². The Morgan fingerprint density at radius 3 is 1.53 bits per heavy atom. The predicted octanol–water partition coefficient (Wildman–Crippen LogP) is 1.26. The Hall–Kier alpha value is -0.730. The summed E-state index contributed by atoms with van der Waals surface area (Å²) in [4.78, 5) is 26.1. The average Bonchev–Trinajstić information content (AvgIpc) is 2.73. The van der Waals surface area contributed by atoms with Crippen LogP contribution in [0.3, 0.4) is 0 Å². The molecule has 30 heavy (non-hydrogen) atoms. The van der Waals surface area contributed by atoms with Gasteiger partial charge in [0.05, 0.1) is 71.0 Å². The van der Waals surface area contributed by atoms with E-state index < -0.39 is 11.9 Å². The highest BCUT2D eigenvalue weighted by atomic mass is 32.2. The first-order chi connectivity index (χ1) is 14.6. The maximum absolute atomic E-state index is 13.0. The van der Waals surface area contributed by atoms with Crippen molar-refractivity contribution < 1.29 is 38.4 Å². The molecule has 1 aliphatic rings. The highest BCUT2D eigenvalue weighted by Crippen LogP contribution is 2.27. The normalized spacial score (nSPS) is 19.8. The van der Waals surface area contributed by atoms with Crippen molar-refractivity contribution in [2.75, 3.05) is 85.4 Å². The fourth-order valence-corrected chi connectivity index (χ4v) is 3.97. The number of nitrogens with zero attached hydrogens (tertiary/aromatic N) is 1. The molecule has 0 spiro atoms. The molecule has 1 fully saturated rings. The van der Waals surface area contributed by atoms with Crippen LogP contribution in [0.25, 0.3) is 0 Å². The number of carboxylic acids is 1. The molecule has 0 atom stereocenters. The number of amides is 1. The Morgan fingerprint density at radius 1 is 0.800 bits per heavy atom. The van der Waals surface area contributed by atoms with Crippen molar-refractivity contribution in [2.45, 2.75) is 0 Å². The van der Waals surface area contributed by atoms with E-state index in [1.807, 2.05) is 0 Å². The molecule has 1 heterocycles. The molecular formula is C18H29NO8S3. The number of aliphatic carboxylic acids is 1. The van der Waals surface area contributed by atoms with Gasteiger partial charge in [-0.05, 0) is 6.26 Å². The highest BCUT2D eigenvalue weighted by Gasteiger charge is 2.25. The van der Waals surface area contributed by atoms with Crippen LogP contribution in [0.5, 0.6) is 0 Å². The van der Waals surface area contributed by atoms with Crippen molar-refractivity contribution in [1.29, 1.82) is 0 Å². The smallest absolute Gasteiger partial charge is 0.343 e. The second-order valence-electron chi connectivity index (χ2n) is 5.74. The van der Waals surface area contributed by atoms with Crippen molar-refractivity contribution >= 4 is 52.3 Å². The molecule has 0 aromatic heterocycles. The Bertz CT molecular complexity index is 544. The molecule has 9 nitrogen and oxygen atoms in total. The van der Waals surface area contributed by atoms with Crippen LogP contribution in [0.1, 0.15) is 0 Å². The number of carboxylic acid groups (broad SMARTS) is 1. The molecule has 1 amide bonds. The van der Waals surface area contributed by atoms with Crippen molar-refractivity contribution in [3.63, 3.8) is 0 Å². The fraction of sp³-hybridized carbons (Fsp3) is 0.722. The Balaban J connectivity index is 2.78. The molecule has 12 heteroatoms. The first-order valence-electron chi connectivity index (χ1n) is 9.41. The molecule has 0 saturated carbocycles. The van der Waals surface area contributed by atoms with Gasteiger partial charge in [-0.25, -0.2) is 4.79 Å². The lowest BCUT2D eigenvalue weighted by Crippen LogP contribution is -2.38. The van der Waals surface area contributed by atoms with Crippen LogP contribution in [0.15, 0.2) is 9.81 Å². The molecule has 0 aromatic carbocycles. The maximum Gasteiger partial charge on any atom is 0.343 e. The number of thiocarbonyl (C=S) groups is 1. The summed E-state index contributed by atoms with van der Waals surface area (Å²) in [5.74, 6) is -1.58. The molecule has 1 N–H and O–H groups in total. The summed E-state index contributed by atoms with van der Waals surface area (Å²) >= 11 is 6.76. The van der Waals surface area contributed by atoms with Gasteiger partial charge in [-0.1, -0.05) is 24.0 Å². The number of carbonyl (C=O) groups excluding carboxylic acids is 1. The fourth-order valence-electron chi connectivity index (χ4n) is 2.32. The molecular weight excluding hydrogens is 454 g/mol. The lowest BCUT2D eigenvalue weighted by Gasteiger charge is -2.24. The minimum atomic E-state index is -1.16. The van der Waals surface area contributed by atoms with Gasteiger partial charge in [-0.2, -0.15) is 0 Å². The predicted molar refractivity (Wildman–Crippen MR) is 120 cm³/mol. The van der Waals surface area contributed by atoms with Crippen LogP contribution in [0.4, 0.5) is 0 Å². The molecule has 0 radical (unpaired) electrons. The molecule has 0 unspecified atom stereocenters. The van der Waals surface area contributed by atoms with Crippen LogP contribution in [0, 0.1) is 0 Å². The van der Waals surface area contributed by atoms with Crippen molar-refractivity contribution in [3.8, 4) is 0 Å². The van der Waals surface area contributed by atoms with E-state index in [0.29, 0.717) is 52.9 Å². The Morgan fingerprint density at radius 2 is 1.20 bits per heavy atom. The highest BCUT2D eigenvalue weighted by molar-refractivity contribution is 8.24. The minimum Gasteiger partial charge on any atom is -0.477 e. The third kappa shape index (κ3) is 11.6. The summed E-state index contributed by atoms with van der Waals surface area (Å²) < 4.78 is 28.5. The number of ether oxygens (including phenoxy) is 5. The lowest BCUT2D eigenvalue weighted by atomic mass is 10.4. The zero-order valence-corrected chi connectivity index (χ0v) is 19.5. The van der Waals surface area contributed by atoms with Crippen LogP contribution in [0.2, 0.25) is 0 Å². The average molecular weight is 484 g/mol. The quantitative estimate of drug-likeness (QED) is 0.451. The zero-order valence-electron chi connectivity index (χ0n) is 17.0. The minimum absolute atomic E-state index is 0.0450. The SMILES string of the molecule is CS/C(C(=O)O)=C(\SC=S)C(=O)N1CCOCCOCCOCCOCCOCC1. The molecule has 0 bridgehead atoms. The summed E-state index contributed by atoms with van der Waals surface area (Å²) in [5, 5.41) is 9.42. The third-order valence-corrected chi connectivity index (χ3v) is 5.67. The number of rotatable bonds is 5. The third-order valence-electron chi connectivity index (χ3n) is 3.75. The van der Waals surface area contributed by atoms with Crippen LogP contribution < -0.4 is 0 Å². The maximum atomic E-state index is 13.0. The summed E-state index contributed by atoms with van der Waals surface area (Å²) in [7, 11) is 0. The van der Waals surface area contributed by atoms with Crippen LogP contribution >= 0.6 is 35.7 Å². The van der Waals surface area contributed by atoms with E-state index in [4.69, 9.17) is 35.9 Å². The second-order valence-corrected chi connectivity index (χ2v) is 7.97. The van der Waals surface area contributed by atoms with E-state index in [1.165, 1.54) is 9.60 Å². The molecule has 1 aliphatic heterocycles. The molecule has 1 saturated heterocycles. The number of carbonyl (C=O) groups is 2. The monoisotopic (exact) mass is 483 g/mol. The summed E-state index contributed by atoms with van der Waals surface area (Å²) in [5.41, 5.74) is 0. The van der Waals surface area contributed by atoms with E-state index in [1.54, 1.807) is 6.26 Å². The zero-order chi connectivity index (χ0) is 22.0. The van der Waals surface area contributed by atoms with Crippen molar-refractivity contribution in [1.82, 2.24) is 4.90 Å². The van der Waals surface area contributed by atoms with Gasteiger partial charge in [0.1, 0.15) is 4.91 Å². The van der Waals surface area contributed by atoms with E-state index in [0.717, 1.165) is 23.5 Å². The first-order valence-corrected chi connectivity index (χ1v) is 12.0. The van der Waals surface area contributed by atoms with E-state index >= 15 is 0 Å². The van der Waals surface area contributed by atoms with Gasteiger partial charge in [0.15, 0.2) is 0 Å². The standard InChI is InChI=1S/C18H29NO8S3/c1-29-16(18(21)22)15(30-14-28)17(20)19-2-4-23-6-8-25-10-12-27-13-11-26-9-7-24-5-3-19/h14H,2-13H2,1H3,(H,21,22)/b16-15-. The van der Waals surface area contributed by atoms with Gasteiger partial charge in [0.2, 0.25) is 0 Å². The summed E-state index contributed by atoms with van der Waals surface area (Å²) in [6.07, 6.45) is 1.61. The van der Waals surface area contributed by atoms with Gasteiger partial charge in [0.25, 0.3) is 5.91 Å². The van der Waals surface area contributed by atoms with Crippen LogP contribution in [-0.2, 0) is 33.3 Å². The van der Waals surface area contributed by atoms with Gasteiger partial charge < -0.3 is 33.7 Å². The Kier molecular flexibility index (Phi) is 16.3. The second kappa shape index (κ2) is 17.9.